The van der Waals surface area contributed by atoms with Crippen molar-refractivity contribution >= 4 is 105 Å². The van der Waals surface area contributed by atoms with Crippen molar-refractivity contribution in [3.05, 3.63) is 97.1 Å². The summed E-state index contributed by atoms with van der Waals surface area (Å²) in [5, 5.41) is 22.9. The van der Waals surface area contributed by atoms with E-state index < -0.39 is 35.4 Å². The number of nitrogens with zero attached hydrogens (tertiary/aromatic N) is 3. The largest absolute Gasteiger partial charge is 0.399 e. The highest BCUT2D eigenvalue weighted by Crippen LogP contribution is 2.33. The second-order valence-corrected chi connectivity index (χ2v) is 19.8. The highest BCUT2D eigenvalue weighted by atomic mass is 32.2. The Kier molecular flexibility index (Phi) is 21.9. The summed E-state index contributed by atoms with van der Waals surface area (Å²) in [4.78, 5) is 110. The van der Waals surface area contributed by atoms with Gasteiger partial charge in [0.05, 0.1) is 38.3 Å². The number of nitrogens with two attached hydrogens (primary N) is 4. The van der Waals surface area contributed by atoms with Crippen molar-refractivity contribution in [3.63, 3.8) is 0 Å². The number of hydrogen-bond donors (Lipinski definition) is 12. The number of fused-ring (bicyclic) bond motifs is 1. The third kappa shape index (κ3) is 20.0. The van der Waals surface area contributed by atoms with E-state index in [4.69, 9.17) is 22.9 Å². The average Bonchev–Trinajstić information content (AvgIpc) is 3.91. The number of thioether (sulfide) groups is 1. The summed E-state index contributed by atoms with van der Waals surface area (Å²) >= 11 is 1.79. The smallest absolute Gasteiger partial charge is 0.315 e. The van der Waals surface area contributed by atoms with Gasteiger partial charge in [-0.25, -0.2) is 4.79 Å². The zero-order chi connectivity index (χ0) is 54.4. The topological polar surface area (TPSA) is 347 Å². The number of unbranched alkanes of at least 4 members (excludes halogenated alkanes) is 1. The molecule has 23 nitrogen and oxygen atoms in total. The van der Waals surface area contributed by atoms with Crippen molar-refractivity contribution in [2.45, 2.75) is 55.9 Å². The molecule has 3 atom stereocenters. The summed E-state index contributed by atoms with van der Waals surface area (Å²) in [5.74, 6) is -1.84. The Bertz CT molecular complexity index is 2410. The fraction of sp³-hybridized carbons (Fsp3) is 0.385. The van der Waals surface area contributed by atoms with Gasteiger partial charge in [0, 0.05) is 115 Å². The van der Waals surface area contributed by atoms with Crippen LogP contribution in [0.2, 0.25) is 0 Å². The van der Waals surface area contributed by atoms with Crippen LogP contribution in [0.1, 0.15) is 38.5 Å². The summed E-state index contributed by atoms with van der Waals surface area (Å²) in [6, 6.07) is 26.6. The van der Waals surface area contributed by atoms with E-state index >= 15 is 0 Å². The van der Waals surface area contributed by atoms with Crippen LogP contribution < -0.4 is 65.5 Å². The molecule has 3 unspecified atom stereocenters. The van der Waals surface area contributed by atoms with Crippen LogP contribution in [0.3, 0.4) is 0 Å². The van der Waals surface area contributed by atoms with Gasteiger partial charge in [-0.05, 0) is 85.6 Å². The predicted octanol–water partition coefficient (Wildman–Crippen LogP) is 2.04. The van der Waals surface area contributed by atoms with Gasteiger partial charge in [0.2, 0.25) is 41.4 Å². The molecule has 2 saturated heterocycles. The molecule has 0 spiro atoms. The number of hydrogen-bond acceptors (Lipinski definition) is 15. The van der Waals surface area contributed by atoms with Crippen LogP contribution in [0.4, 0.5) is 50.3 Å². The van der Waals surface area contributed by atoms with Crippen LogP contribution in [-0.2, 0) is 33.6 Å². The Hall–Kier alpha value is -8.09. The number of urea groups is 1. The maximum Gasteiger partial charge on any atom is 0.315 e. The molecule has 9 amide bonds. The van der Waals surface area contributed by atoms with Gasteiger partial charge in [-0.2, -0.15) is 11.8 Å². The molecule has 24 heteroatoms. The SMILES string of the molecule is Nc1cccc(NC(=O)CN(CCNC(=O)CCN(CCC(=O)NCCN(CC(=O)Nc2cccc(N)c2)CC(=O)Nc2cccc(N)c2)C(=O)CCCCC2SCC3NC(=O)NC32)CC(=O)Nc2cccc(N)c2)c1. The molecule has 76 heavy (non-hydrogen) atoms. The number of amides is 9. The summed E-state index contributed by atoms with van der Waals surface area (Å²) in [7, 11) is 0. The second-order valence-electron chi connectivity index (χ2n) is 18.6. The molecule has 2 aliphatic heterocycles. The highest BCUT2D eigenvalue weighted by Gasteiger charge is 2.42. The normalized spacial score (nSPS) is 15.4. The van der Waals surface area contributed by atoms with Crippen molar-refractivity contribution < 1.29 is 38.4 Å². The Balaban J connectivity index is 1.02. The standard InChI is InChI=1S/C52H69N15O8S/c53-34-7-3-11-38(25-34)59-46(70)29-65(30-47(71)60-39-12-4-8-35(54)26-39)23-19-57-44(68)17-21-67(50(74)16-2-1-15-43-51-42(33-76-43)63-52(75)64-51)22-18-45(69)58-20-24-66(31-48(72)61-40-13-5-9-36(55)27-40)32-49(73)62-41-14-6-10-37(56)28-41/h3-14,25-28,42-43,51H,1-2,15-24,29-33,53-56H2,(H,57,68)(H,58,69)(H,59,70)(H,60,71)(H,61,72)(H,62,73)(H2,63,64,75). The van der Waals surface area contributed by atoms with E-state index in [-0.39, 0.29) is 114 Å². The van der Waals surface area contributed by atoms with Gasteiger partial charge in [0.1, 0.15) is 0 Å². The summed E-state index contributed by atoms with van der Waals surface area (Å²) < 4.78 is 0. The molecule has 2 heterocycles. The van der Waals surface area contributed by atoms with Gasteiger partial charge >= 0.3 is 6.03 Å². The molecule has 0 radical (unpaired) electrons. The van der Waals surface area contributed by atoms with E-state index in [0.717, 1.165) is 18.6 Å². The van der Waals surface area contributed by atoms with E-state index in [9.17, 15) is 38.4 Å². The van der Waals surface area contributed by atoms with Crippen LogP contribution in [0.5, 0.6) is 0 Å². The Morgan fingerprint density at radius 2 is 0.908 bits per heavy atom. The van der Waals surface area contributed by atoms with Gasteiger partial charge in [-0.3, -0.25) is 43.4 Å². The van der Waals surface area contributed by atoms with Gasteiger partial charge < -0.3 is 70.4 Å². The Morgan fingerprint density at radius 1 is 0.513 bits per heavy atom. The van der Waals surface area contributed by atoms with Gasteiger partial charge in [-0.1, -0.05) is 30.7 Å². The van der Waals surface area contributed by atoms with Gasteiger partial charge in [0.25, 0.3) is 0 Å². The summed E-state index contributed by atoms with van der Waals surface area (Å²) in [6.07, 6.45) is 2.07. The van der Waals surface area contributed by atoms with Crippen molar-refractivity contribution in [2.24, 2.45) is 0 Å². The van der Waals surface area contributed by atoms with Crippen molar-refractivity contribution in [2.75, 3.05) is 115 Å². The maximum atomic E-state index is 13.8. The molecule has 0 saturated carbocycles. The number of nitrogen functional groups attached to an aromatic ring is 4. The van der Waals surface area contributed by atoms with Crippen LogP contribution in [0.25, 0.3) is 0 Å². The minimum atomic E-state index is -0.409. The Morgan fingerprint density at radius 3 is 1.29 bits per heavy atom. The van der Waals surface area contributed by atoms with Crippen molar-refractivity contribution in [1.82, 2.24) is 36.0 Å². The van der Waals surface area contributed by atoms with Crippen LogP contribution >= 0.6 is 11.8 Å². The number of rotatable bonds is 29. The van der Waals surface area contributed by atoms with Crippen LogP contribution in [0.15, 0.2) is 97.1 Å². The first-order chi connectivity index (χ1) is 36.5. The molecule has 0 aliphatic carbocycles. The fourth-order valence-corrected chi connectivity index (χ4v) is 10.2. The predicted molar refractivity (Wildman–Crippen MR) is 297 cm³/mol. The quantitative estimate of drug-likeness (QED) is 0.0210. The molecular weight excluding hydrogens is 995 g/mol. The minimum absolute atomic E-state index is 0.00491. The molecule has 406 valence electrons. The lowest BCUT2D eigenvalue weighted by atomic mass is 10.0. The van der Waals surface area contributed by atoms with Crippen molar-refractivity contribution in [3.8, 4) is 0 Å². The molecule has 16 N–H and O–H groups in total. The summed E-state index contributed by atoms with van der Waals surface area (Å²) in [5.41, 5.74) is 27.3. The number of nitrogens with one attached hydrogen (secondary N) is 8. The van der Waals surface area contributed by atoms with Crippen LogP contribution in [0, 0.1) is 0 Å². The lowest BCUT2D eigenvalue weighted by Crippen LogP contribution is -2.44. The number of carbonyl (C=O) groups is 8. The van der Waals surface area contributed by atoms with Crippen molar-refractivity contribution in [1.29, 1.82) is 0 Å². The second kappa shape index (κ2) is 29.1. The lowest BCUT2D eigenvalue weighted by Gasteiger charge is -2.24. The highest BCUT2D eigenvalue weighted by molar-refractivity contribution is 8.00. The van der Waals surface area contributed by atoms with Crippen LogP contribution in [-0.4, -0.2) is 151 Å². The third-order valence-corrected chi connectivity index (χ3v) is 13.8. The summed E-state index contributed by atoms with van der Waals surface area (Å²) in [6.45, 7) is -0.412. The number of benzene rings is 4. The zero-order valence-corrected chi connectivity index (χ0v) is 43.1. The molecule has 2 fully saturated rings. The zero-order valence-electron chi connectivity index (χ0n) is 42.3. The molecule has 6 rings (SSSR count). The fourth-order valence-electron chi connectivity index (χ4n) is 8.65. The molecule has 0 aromatic heterocycles. The third-order valence-electron chi connectivity index (χ3n) is 12.3. The molecule has 4 aromatic rings. The van der Waals surface area contributed by atoms with E-state index in [2.05, 4.69) is 42.5 Å². The van der Waals surface area contributed by atoms with Gasteiger partial charge in [-0.15, -0.1) is 0 Å². The lowest BCUT2D eigenvalue weighted by molar-refractivity contribution is -0.132. The van der Waals surface area contributed by atoms with Gasteiger partial charge in [0.15, 0.2) is 0 Å². The van der Waals surface area contributed by atoms with E-state index in [1.54, 1.807) is 119 Å². The van der Waals surface area contributed by atoms with E-state index in [1.165, 1.54) is 4.90 Å². The Labute approximate surface area is 445 Å². The molecule has 0 bridgehead atoms. The molecule has 4 aromatic carbocycles. The molecule has 2 aliphatic rings. The molecular formula is C52H69N15O8S. The monoisotopic (exact) mass is 1060 g/mol. The number of anilines is 8. The maximum absolute atomic E-state index is 13.8. The first kappa shape index (κ1) is 57.2. The van der Waals surface area contributed by atoms with E-state index in [0.29, 0.717) is 51.9 Å². The number of carbonyl (C=O) groups excluding carboxylic acids is 8. The minimum Gasteiger partial charge on any atom is -0.399 e. The first-order valence-electron chi connectivity index (χ1n) is 25.1. The first-order valence-corrected chi connectivity index (χ1v) is 26.1. The van der Waals surface area contributed by atoms with E-state index in [1.807, 2.05) is 0 Å². The average molecular weight is 1060 g/mol.